The quantitative estimate of drug-likeness (QED) is 0.732. The van der Waals surface area contributed by atoms with Crippen LogP contribution in [0.1, 0.15) is 10.5 Å². The highest BCUT2D eigenvalue weighted by molar-refractivity contribution is 9.10. The van der Waals surface area contributed by atoms with E-state index in [0.717, 1.165) is 15.8 Å². The van der Waals surface area contributed by atoms with E-state index in [1.54, 1.807) is 24.2 Å². The Labute approximate surface area is 148 Å². The van der Waals surface area contributed by atoms with Crippen LogP contribution in [0.4, 0.5) is 17.3 Å². The van der Waals surface area contributed by atoms with Gasteiger partial charge in [0.2, 0.25) is 5.95 Å². The number of aromatic nitrogens is 2. The summed E-state index contributed by atoms with van der Waals surface area (Å²) in [5.74, 6) is 0.182. The molecular formula is C18H15BrN4O. The lowest BCUT2D eigenvalue weighted by molar-refractivity contribution is 0.0988. The molecule has 3 aromatic rings. The van der Waals surface area contributed by atoms with Crippen molar-refractivity contribution in [2.75, 3.05) is 17.3 Å². The first-order valence-electron chi connectivity index (χ1n) is 7.32. The molecule has 0 aliphatic rings. The maximum absolute atomic E-state index is 12.6. The molecule has 1 heterocycles. The Morgan fingerprint density at radius 3 is 2.62 bits per heavy atom. The molecule has 1 N–H and O–H groups in total. The summed E-state index contributed by atoms with van der Waals surface area (Å²) in [5.41, 5.74) is 1.97. The van der Waals surface area contributed by atoms with E-state index in [1.165, 1.54) is 0 Å². The summed E-state index contributed by atoms with van der Waals surface area (Å²) in [7, 11) is 1.72. The monoisotopic (exact) mass is 382 g/mol. The molecule has 0 fully saturated rings. The predicted molar refractivity (Wildman–Crippen MR) is 98.6 cm³/mol. The highest BCUT2D eigenvalue weighted by Gasteiger charge is 2.15. The molecule has 0 atom stereocenters. The van der Waals surface area contributed by atoms with E-state index < -0.39 is 0 Å². The Kier molecular flexibility index (Phi) is 4.86. The number of hydrogen-bond acceptors (Lipinski definition) is 4. The van der Waals surface area contributed by atoms with Crippen LogP contribution >= 0.6 is 15.9 Å². The zero-order valence-corrected chi connectivity index (χ0v) is 14.6. The second kappa shape index (κ2) is 7.23. The number of nitrogens with one attached hydrogen (secondary N) is 1. The number of amides is 1. The van der Waals surface area contributed by atoms with E-state index in [0.29, 0.717) is 11.6 Å². The van der Waals surface area contributed by atoms with Gasteiger partial charge in [0.05, 0.1) is 0 Å². The third-order valence-corrected chi connectivity index (χ3v) is 3.90. The number of carbonyl (C=O) groups excluding carboxylic acids is 1. The Balaban J connectivity index is 1.81. The molecule has 6 heteroatoms. The fourth-order valence-electron chi connectivity index (χ4n) is 2.17. The lowest BCUT2D eigenvalue weighted by Gasteiger charge is -2.17. The maximum atomic E-state index is 12.6. The average Bonchev–Trinajstić information content (AvgIpc) is 2.61. The Hall–Kier alpha value is -2.73. The summed E-state index contributed by atoms with van der Waals surface area (Å²) >= 11 is 3.42. The van der Waals surface area contributed by atoms with Gasteiger partial charge in [0, 0.05) is 29.1 Å². The summed E-state index contributed by atoms with van der Waals surface area (Å²) in [4.78, 5) is 22.7. The molecule has 3 rings (SSSR count). The number of anilines is 3. The first kappa shape index (κ1) is 16.1. The molecular weight excluding hydrogens is 368 g/mol. The topological polar surface area (TPSA) is 58.1 Å². The molecule has 2 aromatic carbocycles. The lowest BCUT2D eigenvalue weighted by atomic mass is 10.2. The third-order valence-electron chi connectivity index (χ3n) is 3.40. The molecule has 0 spiro atoms. The van der Waals surface area contributed by atoms with Gasteiger partial charge in [0.25, 0.3) is 5.91 Å². The van der Waals surface area contributed by atoms with Crippen molar-refractivity contribution in [3.05, 3.63) is 77.0 Å². The molecule has 0 aliphatic heterocycles. The van der Waals surface area contributed by atoms with Gasteiger partial charge in [-0.1, -0.05) is 40.2 Å². The lowest BCUT2D eigenvalue weighted by Crippen LogP contribution is -2.27. The number of rotatable bonds is 4. The molecule has 0 radical (unpaired) electrons. The smallest absolute Gasteiger partial charge is 0.276 e. The van der Waals surface area contributed by atoms with Crippen LogP contribution in [-0.2, 0) is 0 Å². The first-order valence-corrected chi connectivity index (χ1v) is 8.11. The Morgan fingerprint density at radius 2 is 1.88 bits per heavy atom. The minimum Gasteiger partial charge on any atom is -0.324 e. The van der Waals surface area contributed by atoms with Gasteiger partial charge in [-0.3, -0.25) is 4.79 Å². The Bertz CT molecular complexity index is 854. The van der Waals surface area contributed by atoms with Gasteiger partial charge in [-0.2, -0.15) is 0 Å². The summed E-state index contributed by atoms with van der Waals surface area (Å²) in [6, 6.07) is 18.7. The number of carbonyl (C=O) groups is 1. The van der Waals surface area contributed by atoms with Crippen molar-refractivity contribution >= 4 is 39.2 Å². The van der Waals surface area contributed by atoms with Gasteiger partial charge >= 0.3 is 0 Å². The SMILES string of the molecule is CN(C(=O)c1ccnc(Nc2cccc(Br)c2)n1)c1ccccc1. The maximum Gasteiger partial charge on any atom is 0.276 e. The Morgan fingerprint density at radius 1 is 1.08 bits per heavy atom. The van der Waals surface area contributed by atoms with Crippen molar-refractivity contribution in [1.82, 2.24) is 9.97 Å². The van der Waals surface area contributed by atoms with Crippen molar-refractivity contribution in [1.29, 1.82) is 0 Å². The molecule has 24 heavy (non-hydrogen) atoms. The van der Waals surface area contributed by atoms with E-state index in [-0.39, 0.29) is 5.91 Å². The minimum atomic E-state index is -0.194. The number of nitrogens with zero attached hydrogens (tertiary/aromatic N) is 3. The summed E-state index contributed by atoms with van der Waals surface area (Å²) in [5, 5.41) is 3.10. The molecule has 0 saturated carbocycles. The van der Waals surface area contributed by atoms with Crippen LogP contribution in [0.15, 0.2) is 71.3 Å². The zero-order chi connectivity index (χ0) is 16.9. The van der Waals surface area contributed by atoms with Gasteiger partial charge < -0.3 is 10.2 Å². The van der Waals surface area contributed by atoms with Crippen LogP contribution in [0, 0.1) is 0 Å². The molecule has 120 valence electrons. The van der Waals surface area contributed by atoms with E-state index in [1.807, 2.05) is 54.6 Å². The van der Waals surface area contributed by atoms with Crippen molar-refractivity contribution in [2.45, 2.75) is 0 Å². The average molecular weight is 383 g/mol. The van der Waals surface area contributed by atoms with Crippen LogP contribution in [-0.4, -0.2) is 22.9 Å². The molecule has 0 unspecified atom stereocenters. The van der Waals surface area contributed by atoms with Crippen LogP contribution in [0.5, 0.6) is 0 Å². The molecule has 5 nitrogen and oxygen atoms in total. The largest absolute Gasteiger partial charge is 0.324 e. The molecule has 0 saturated heterocycles. The second-order valence-electron chi connectivity index (χ2n) is 5.10. The first-order chi connectivity index (χ1) is 11.6. The second-order valence-corrected chi connectivity index (χ2v) is 6.02. The molecule has 0 aliphatic carbocycles. The summed E-state index contributed by atoms with van der Waals surface area (Å²) in [6.07, 6.45) is 1.57. The van der Waals surface area contributed by atoms with Crippen molar-refractivity contribution < 1.29 is 4.79 Å². The van der Waals surface area contributed by atoms with Crippen LogP contribution in [0.2, 0.25) is 0 Å². The predicted octanol–water partition coefficient (Wildman–Crippen LogP) is 4.26. The fourth-order valence-corrected chi connectivity index (χ4v) is 2.57. The highest BCUT2D eigenvalue weighted by atomic mass is 79.9. The molecule has 0 bridgehead atoms. The van der Waals surface area contributed by atoms with E-state index in [2.05, 4.69) is 31.2 Å². The number of benzene rings is 2. The number of para-hydroxylation sites is 1. The van der Waals surface area contributed by atoms with E-state index in [4.69, 9.17) is 0 Å². The van der Waals surface area contributed by atoms with Gasteiger partial charge in [-0.15, -0.1) is 0 Å². The van der Waals surface area contributed by atoms with Crippen molar-refractivity contribution in [3.63, 3.8) is 0 Å². The van der Waals surface area contributed by atoms with Gasteiger partial charge in [0.1, 0.15) is 5.69 Å². The van der Waals surface area contributed by atoms with E-state index in [9.17, 15) is 4.79 Å². The molecule has 1 amide bonds. The standard InChI is InChI=1S/C18H15BrN4O/c1-23(15-8-3-2-4-9-15)17(24)16-10-11-20-18(22-16)21-14-7-5-6-13(19)12-14/h2-12H,1H3,(H,20,21,22). The van der Waals surface area contributed by atoms with Gasteiger partial charge in [-0.25, -0.2) is 9.97 Å². The summed E-state index contributed by atoms with van der Waals surface area (Å²) in [6.45, 7) is 0. The van der Waals surface area contributed by atoms with Gasteiger partial charge in [-0.05, 0) is 36.4 Å². The fraction of sp³-hybridized carbons (Fsp3) is 0.0556. The van der Waals surface area contributed by atoms with Crippen molar-refractivity contribution in [3.8, 4) is 0 Å². The normalized spacial score (nSPS) is 10.2. The third kappa shape index (κ3) is 3.78. The summed E-state index contributed by atoms with van der Waals surface area (Å²) < 4.78 is 0.948. The van der Waals surface area contributed by atoms with Crippen LogP contribution in [0.3, 0.4) is 0 Å². The van der Waals surface area contributed by atoms with Gasteiger partial charge in [0.15, 0.2) is 0 Å². The molecule has 1 aromatic heterocycles. The number of hydrogen-bond donors (Lipinski definition) is 1. The minimum absolute atomic E-state index is 0.194. The number of halogens is 1. The highest BCUT2D eigenvalue weighted by Crippen LogP contribution is 2.19. The van der Waals surface area contributed by atoms with Crippen LogP contribution in [0.25, 0.3) is 0 Å². The zero-order valence-electron chi connectivity index (χ0n) is 13.0. The van der Waals surface area contributed by atoms with Crippen molar-refractivity contribution in [2.24, 2.45) is 0 Å². The van der Waals surface area contributed by atoms with E-state index >= 15 is 0 Å². The van der Waals surface area contributed by atoms with Crippen LogP contribution < -0.4 is 10.2 Å².